The van der Waals surface area contributed by atoms with E-state index >= 15 is 0 Å². The summed E-state index contributed by atoms with van der Waals surface area (Å²) in [6.07, 6.45) is 2.48. The number of nitrogens with one attached hydrogen (secondary N) is 2. The topological polar surface area (TPSA) is 50.4 Å². The maximum atomic E-state index is 11.8. The van der Waals surface area contributed by atoms with Crippen LogP contribution in [0.5, 0.6) is 0 Å². The van der Waals surface area contributed by atoms with Crippen molar-refractivity contribution in [1.29, 1.82) is 0 Å². The molecular weight excluding hydrogens is 320 g/mol. The van der Waals surface area contributed by atoms with E-state index in [4.69, 9.17) is 4.74 Å². The van der Waals surface area contributed by atoms with E-state index in [9.17, 15) is 4.79 Å². The number of rotatable bonds is 6. The molecule has 2 N–H and O–H groups in total. The molecule has 1 fully saturated rings. The third-order valence-electron chi connectivity index (χ3n) is 3.43. The van der Waals surface area contributed by atoms with Crippen LogP contribution < -0.4 is 10.6 Å². The van der Waals surface area contributed by atoms with Crippen molar-refractivity contribution in [3.05, 3.63) is 34.3 Å². The van der Waals surface area contributed by atoms with Crippen LogP contribution in [0, 0.1) is 0 Å². The Labute approximate surface area is 128 Å². The van der Waals surface area contributed by atoms with Gasteiger partial charge in [0.05, 0.1) is 18.7 Å². The molecule has 1 aromatic rings. The molecule has 1 aliphatic heterocycles. The summed E-state index contributed by atoms with van der Waals surface area (Å²) in [4.78, 5) is 11.8. The normalized spacial score (nSPS) is 19.8. The summed E-state index contributed by atoms with van der Waals surface area (Å²) in [5, 5.41) is 6.13. The number of hydrogen-bond donors (Lipinski definition) is 2. The standard InChI is InChI=1S/C15H21BrN2O2/c1-11(12-4-6-13(16)7-5-12)18-15(19)10-17-9-14-3-2-8-20-14/h4-7,11,14,17H,2-3,8-10H2,1H3,(H,18,19). The Bertz CT molecular complexity index is 430. The molecule has 0 saturated carbocycles. The number of carbonyl (C=O) groups excluding carboxylic acids is 1. The van der Waals surface area contributed by atoms with Gasteiger partial charge in [0.25, 0.3) is 0 Å². The van der Waals surface area contributed by atoms with E-state index in [2.05, 4.69) is 26.6 Å². The van der Waals surface area contributed by atoms with Crippen LogP contribution in [0.25, 0.3) is 0 Å². The van der Waals surface area contributed by atoms with Crippen molar-refractivity contribution < 1.29 is 9.53 Å². The van der Waals surface area contributed by atoms with E-state index in [0.717, 1.165) is 36.0 Å². The number of hydrogen-bond acceptors (Lipinski definition) is 3. The molecule has 5 heteroatoms. The molecule has 0 radical (unpaired) electrons. The van der Waals surface area contributed by atoms with Gasteiger partial charge in [-0.05, 0) is 37.5 Å². The molecule has 0 bridgehead atoms. The van der Waals surface area contributed by atoms with E-state index in [1.54, 1.807) is 0 Å². The van der Waals surface area contributed by atoms with Crippen LogP contribution in [0.3, 0.4) is 0 Å². The molecule has 2 unspecified atom stereocenters. The molecule has 1 heterocycles. The van der Waals surface area contributed by atoms with E-state index in [0.29, 0.717) is 6.54 Å². The fourth-order valence-electron chi connectivity index (χ4n) is 2.28. The van der Waals surface area contributed by atoms with E-state index in [1.165, 1.54) is 0 Å². The molecule has 1 aliphatic rings. The first-order valence-electron chi connectivity index (χ1n) is 7.02. The van der Waals surface area contributed by atoms with E-state index in [-0.39, 0.29) is 18.1 Å². The van der Waals surface area contributed by atoms with Crippen molar-refractivity contribution in [2.45, 2.75) is 31.9 Å². The summed E-state index contributed by atoms with van der Waals surface area (Å²) in [6.45, 7) is 3.92. The minimum absolute atomic E-state index is 0.0124. The van der Waals surface area contributed by atoms with Crippen molar-refractivity contribution in [2.24, 2.45) is 0 Å². The number of ether oxygens (including phenoxy) is 1. The summed E-state index contributed by atoms with van der Waals surface area (Å²) in [6, 6.07) is 7.99. The molecular formula is C15H21BrN2O2. The molecule has 2 rings (SSSR count). The van der Waals surface area contributed by atoms with Gasteiger partial charge in [0.2, 0.25) is 5.91 Å². The highest BCUT2D eigenvalue weighted by atomic mass is 79.9. The largest absolute Gasteiger partial charge is 0.377 e. The van der Waals surface area contributed by atoms with Gasteiger partial charge < -0.3 is 15.4 Å². The number of amides is 1. The van der Waals surface area contributed by atoms with Crippen molar-refractivity contribution >= 4 is 21.8 Å². The van der Waals surface area contributed by atoms with Gasteiger partial charge in [-0.2, -0.15) is 0 Å². The highest BCUT2D eigenvalue weighted by Gasteiger charge is 2.15. The third kappa shape index (κ3) is 4.89. The molecule has 0 aromatic heterocycles. The zero-order valence-electron chi connectivity index (χ0n) is 11.7. The fraction of sp³-hybridized carbons (Fsp3) is 0.533. The highest BCUT2D eigenvalue weighted by Crippen LogP contribution is 2.16. The molecule has 1 amide bonds. The van der Waals surface area contributed by atoms with Crippen LogP contribution in [-0.4, -0.2) is 31.7 Å². The van der Waals surface area contributed by atoms with E-state index in [1.807, 2.05) is 31.2 Å². The van der Waals surface area contributed by atoms with Crippen LogP contribution in [0.4, 0.5) is 0 Å². The first-order chi connectivity index (χ1) is 9.65. The molecule has 0 aliphatic carbocycles. The second-order valence-electron chi connectivity index (χ2n) is 5.11. The Kier molecular flexibility index (Phi) is 6.01. The van der Waals surface area contributed by atoms with Crippen molar-refractivity contribution in [1.82, 2.24) is 10.6 Å². The minimum Gasteiger partial charge on any atom is -0.377 e. The molecule has 1 saturated heterocycles. The minimum atomic E-state index is 0.0124. The molecule has 2 atom stereocenters. The van der Waals surface area contributed by atoms with Gasteiger partial charge in [0.1, 0.15) is 0 Å². The lowest BCUT2D eigenvalue weighted by Crippen LogP contribution is -2.38. The lowest BCUT2D eigenvalue weighted by Gasteiger charge is -2.15. The first-order valence-corrected chi connectivity index (χ1v) is 7.81. The van der Waals surface area contributed by atoms with Gasteiger partial charge in [-0.15, -0.1) is 0 Å². The maximum Gasteiger partial charge on any atom is 0.234 e. The molecule has 20 heavy (non-hydrogen) atoms. The SMILES string of the molecule is CC(NC(=O)CNCC1CCCO1)c1ccc(Br)cc1. The van der Waals surface area contributed by atoms with Gasteiger partial charge in [0.15, 0.2) is 0 Å². The second kappa shape index (κ2) is 7.76. The number of benzene rings is 1. The molecule has 4 nitrogen and oxygen atoms in total. The van der Waals surface area contributed by atoms with Crippen molar-refractivity contribution in [2.75, 3.05) is 19.7 Å². The smallest absolute Gasteiger partial charge is 0.234 e. The van der Waals surface area contributed by atoms with Crippen molar-refractivity contribution in [3.8, 4) is 0 Å². The average Bonchev–Trinajstić information content (AvgIpc) is 2.92. The summed E-state index contributed by atoms with van der Waals surface area (Å²) < 4.78 is 6.54. The Morgan fingerprint density at radius 3 is 2.85 bits per heavy atom. The van der Waals surface area contributed by atoms with Crippen LogP contribution in [-0.2, 0) is 9.53 Å². The van der Waals surface area contributed by atoms with Gasteiger partial charge >= 0.3 is 0 Å². The Balaban J connectivity index is 1.69. The predicted octanol–water partition coefficient (Wildman–Crippen LogP) is 2.39. The summed E-state index contributed by atoms with van der Waals surface area (Å²) in [5.74, 6) is 0.0124. The van der Waals surface area contributed by atoms with Crippen LogP contribution in [0.15, 0.2) is 28.7 Å². The van der Waals surface area contributed by atoms with Gasteiger partial charge in [-0.25, -0.2) is 0 Å². The van der Waals surface area contributed by atoms with Gasteiger partial charge in [-0.1, -0.05) is 28.1 Å². The molecule has 0 spiro atoms. The third-order valence-corrected chi connectivity index (χ3v) is 3.96. The predicted molar refractivity (Wildman–Crippen MR) is 82.5 cm³/mol. The highest BCUT2D eigenvalue weighted by molar-refractivity contribution is 9.10. The second-order valence-corrected chi connectivity index (χ2v) is 6.02. The quantitative estimate of drug-likeness (QED) is 0.835. The zero-order valence-corrected chi connectivity index (χ0v) is 13.3. The van der Waals surface area contributed by atoms with Crippen LogP contribution in [0.2, 0.25) is 0 Å². The maximum absolute atomic E-state index is 11.8. The Hall–Kier alpha value is -0.910. The Morgan fingerprint density at radius 2 is 2.20 bits per heavy atom. The van der Waals surface area contributed by atoms with Gasteiger partial charge in [0, 0.05) is 17.6 Å². The van der Waals surface area contributed by atoms with Crippen LogP contribution >= 0.6 is 15.9 Å². The monoisotopic (exact) mass is 340 g/mol. The zero-order chi connectivity index (χ0) is 14.4. The number of halogens is 1. The fourth-order valence-corrected chi connectivity index (χ4v) is 2.54. The first kappa shape index (κ1) is 15.5. The summed E-state index contributed by atoms with van der Waals surface area (Å²) >= 11 is 3.40. The van der Waals surface area contributed by atoms with E-state index < -0.39 is 0 Å². The summed E-state index contributed by atoms with van der Waals surface area (Å²) in [5.41, 5.74) is 1.10. The molecule has 1 aromatic carbocycles. The van der Waals surface area contributed by atoms with Crippen LogP contribution in [0.1, 0.15) is 31.4 Å². The lowest BCUT2D eigenvalue weighted by molar-refractivity contribution is -0.120. The summed E-state index contributed by atoms with van der Waals surface area (Å²) in [7, 11) is 0. The average molecular weight is 341 g/mol. The number of carbonyl (C=O) groups is 1. The Morgan fingerprint density at radius 1 is 1.45 bits per heavy atom. The van der Waals surface area contributed by atoms with Gasteiger partial charge in [-0.3, -0.25) is 4.79 Å². The molecule has 110 valence electrons. The van der Waals surface area contributed by atoms with Crippen molar-refractivity contribution in [3.63, 3.8) is 0 Å². The lowest BCUT2D eigenvalue weighted by atomic mass is 10.1.